The van der Waals surface area contributed by atoms with Crippen molar-refractivity contribution >= 4 is 17.5 Å². The van der Waals surface area contributed by atoms with Crippen LogP contribution in [0.2, 0.25) is 5.02 Å². The molecule has 1 aliphatic carbocycles. The fraction of sp³-hybridized carbons (Fsp3) is 0.350. The van der Waals surface area contributed by atoms with Crippen LogP contribution >= 0.6 is 11.6 Å². The third-order valence-electron chi connectivity index (χ3n) is 4.94. The molecule has 2 aromatic rings. The molecule has 24 heavy (non-hydrogen) atoms. The Bertz CT molecular complexity index is 706. The number of carbonyl (C=O) groups excluding carboxylic acids is 1. The summed E-state index contributed by atoms with van der Waals surface area (Å²) in [6.45, 7) is 0.644. The van der Waals surface area contributed by atoms with Crippen molar-refractivity contribution in [2.45, 2.75) is 31.1 Å². The molecule has 0 heterocycles. The number of hydrogen-bond donors (Lipinski definition) is 1. The van der Waals surface area contributed by atoms with E-state index in [1.807, 2.05) is 12.1 Å². The quantitative estimate of drug-likeness (QED) is 0.862. The van der Waals surface area contributed by atoms with E-state index >= 15 is 0 Å². The molecule has 3 rings (SSSR count). The minimum Gasteiger partial charge on any atom is -0.497 e. The molecular weight excluding hydrogens is 322 g/mol. The number of amides is 1. The van der Waals surface area contributed by atoms with Gasteiger partial charge in [0, 0.05) is 22.5 Å². The van der Waals surface area contributed by atoms with Crippen molar-refractivity contribution in [1.29, 1.82) is 0 Å². The van der Waals surface area contributed by atoms with Crippen molar-refractivity contribution in [3.05, 3.63) is 64.7 Å². The molecule has 126 valence electrons. The van der Waals surface area contributed by atoms with Crippen LogP contribution in [0.25, 0.3) is 0 Å². The van der Waals surface area contributed by atoms with Crippen molar-refractivity contribution in [2.75, 3.05) is 13.7 Å². The molecule has 0 bridgehead atoms. The molecule has 1 amide bonds. The number of ether oxygens (including phenoxy) is 1. The van der Waals surface area contributed by atoms with E-state index in [0.29, 0.717) is 17.1 Å². The van der Waals surface area contributed by atoms with Gasteiger partial charge in [0.05, 0.1) is 7.11 Å². The van der Waals surface area contributed by atoms with E-state index < -0.39 is 0 Å². The Morgan fingerprint density at radius 2 is 1.88 bits per heavy atom. The molecule has 1 fully saturated rings. The number of hydrogen-bond acceptors (Lipinski definition) is 2. The first-order valence-electron chi connectivity index (χ1n) is 8.31. The first-order chi connectivity index (χ1) is 11.6. The monoisotopic (exact) mass is 343 g/mol. The molecule has 0 aromatic heterocycles. The minimum atomic E-state index is -0.0720. The van der Waals surface area contributed by atoms with E-state index in [-0.39, 0.29) is 11.3 Å². The highest BCUT2D eigenvalue weighted by Gasteiger charge is 2.36. The lowest BCUT2D eigenvalue weighted by molar-refractivity contribution is 0.0943. The van der Waals surface area contributed by atoms with Crippen molar-refractivity contribution in [3.8, 4) is 5.75 Å². The predicted octanol–water partition coefficient (Wildman–Crippen LogP) is 4.59. The normalized spacial score (nSPS) is 15.9. The molecule has 0 radical (unpaired) electrons. The lowest BCUT2D eigenvalue weighted by atomic mass is 9.78. The average Bonchev–Trinajstić information content (AvgIpc) is 3.10. The standard InChI is InChI=1S/C20H22ClNO2/c1-24-18-9-7-16(8-10-18)20(11-2-3-12-20)14-22-19(23)15-5-4-6-17(21)13-15/h4-10,13H,2-3,11-12,14H2,1H3,(H,22,23). The van der Waals surface area contributed by atoms with Gasteiger partial charge in [0.1, 0.15) is 5.75 Å². The molecular formula is C20H22ClNO2. The maximum absolute atomic E-state index is 12.4. The smallest absolute Gasteiger partial charge is 0.251 e. The number of benzene rings is 2. The van der Waals surface area contributed by atoms with E-state index in [0.717, 1.165) is 18.6 Å². The van der Waals surface area contributed by atoms with Gasteiger partial charge >= 0.3 is 0 Å². The summed E-state index contributed by atoms with van der Waals surface area (Å²) in [5.74, 6) is 0.784. The molecule has 1 saturated carbocycles. The third kappa shape index (κ3) is 3.57. The van der Waals surface area contributed by atoms with E-state index in [1.165, 1.54) is 18.4 Å². The van der Waals surface area contributed by atoms with Gasteiger partial charge in [-0.1, -0.05) is 42.6 Å². The Morgan fingerprint density at radius 1 is 1.17 bits per heavy atom. The summed E-state index contributed by atoms with van der Waals surface area (Å²) < 4.78 is 5.25. The van der Waals surface area contributed by atoms with E-state index in [1.54, 1.807) is 31.4 Å². The maximum Gasteiger partial charge on any atom is 0.251 e. The Morgan fingerprint density at radius 3 is 2.50 bits per heavy atom. The lowest BCUT2D eigenvalue weighted by Gasteiger charge is -2.30. The van der Waals surface area contributed by atoms with Crippen LogP contribution in [0.5, 0.6) is 5.75 Å². The molecule has 3 nitrogen and oxygen atoms in total. The third-order valence-corrected chi connectivity index (χ3v) is 5.17. The second-order valence-corrected chi connectivity index (χ2v) is 6.85. The second-order valence-electron chi connectivity index (χ2n) is 6.41. The highest BCUT2D eigenvalue weighted by Crippen LogP contribution is 2.41. The van der Waals surface area contributed by atoms with Gasteiger partial charge in [0.2, 0.25) is 0 Å². The average molecular weight is 344 g/mol. The molecule has 2 aromatic carbocycles. The Kier molecular flexibility index (Phi) is 5.10. The molecule has 0 aliphatic heterocycles. The minimum absolute atomic E-state index is 0.0144. The molecule has 0 spiro atoms. The number of carbonyl (C=O) groups is 1. The van der Waals surface area contributed by atoms with Crippen molar-refractivity contribution in [1.82, 2.24) is 5.32 Å². The van der Waals surface area contributed by atoms with Crippen LogP contribution in [-0.4, -0.2) is 19.6 Å². The summed E-state index contributed by atoms with van der Waals surface area (Å²) in [7, 11) is 1.67. The van der Waals surface area contributed by atoms with Crippen LogP contribution in [0.15, 0.2) is 48.5 Å². The SMILES string of the molecule is COc1ccc(C2(CNC(=O)c3cccc(Cl)c3)CCCC2)cc1. The summed E-state index contributed by atoms with van der Waals surface area (Å²) in [4.78, 5) is 12.4. The molecule has 1 aliphatic rings. The summed E-state index contributed by atoms with van der Waals surface area (Å²) in [6.07, 6.45) is 4.57. The van der Waals surface area contributed by atoms with Crippen LogP contribution in [0.3, 0.4) is 0 Å². The van der Waals surface area contributed by atoms with Gasteiger partial charge in [-0.25, -0.2) is 0 Å². The van der Waals surface area contributed by atoms with Gasteiger partial charge in [0.25, 0.3) is 5.91 Å². The Balaban J connectivity index is 1.75. The van der Waals surface area contributed by atoms with E-state index in [9.17, 15) is 4.79 Å². The lowest BCUT2D eigenvalue weighted by Crippen LogP contribution is -2.39. The Hall–Kier alpha value is -2.00. The zero-order valence-electron chi connectivity index (χ0n) is 13.8. The maximum atomic E-state index is 12.4. The summed E-state index contributed by atoms with van der Waals surface area (Å²) >= 11 is 5.98. The summed E-state index contributed by atoms with van der Waals surface area (Å²) in [5, 5.41) is 3.68. The zero-order chi connectivity index (χ0) is 17.0. The van der Waals surface area contributed by atoms with Gasteiger partial charge in [-0.05, 0) is 48.7 Å². The van der Waals surface area contributed by atoms with E-state index in [2.05, 4.69) is 17.4 Å². The van der Waals surface area contributed by atoms with Crippen LogP contribution in [-0.2, 0) is 5.41 Å². The predicted molar refractivity (Wildman–Crippen MR) is 96.9 cm³/mol. The fourth-order valence-corrected chi connectivity index (χ4v) is 3.74. The number of methoxy groups -OCH3 is 1. The van der Waals surface area contributed by atoms with Crippen molar-refractivity contribution in [3.63, 3.8) is 0 Å². The Labute approximate surface area is 148 Å². The first kappa shape index (κ1) is 16.8. The topological polar surface area (TPSA) is 38.3 Å². The molecule has 1 N–H and O–H groups in total. The fourth-order valence-electron chi connectivity index (χ4n) is 3.55. The number of halogens is 1. The first-order valence-corrected chi connectivity index (χ1v) is 8.69. The molecule has 4 heteroatoms. The highest BCUT2D eigenvalue weighted by molar-refractivity contribution is 6.30. The van der Waals surface area contributed by atoms with E-state index in [4.69, 9.17) is 16.3 Å². The van der Waals surface area contributed by atoms with Gasteiger partial charge < -0.3 is 10.1 Å². The molecule has 0 atom stereocenters. The van der Waals surface area contributed by atoms with Gasteiger partial charge in [-0.3, -0.25) is 4.79 Å². The second kappa shape index (κ2) is 7.27. The van der Waals surface area contributed by atoms with Crippen molar-refractivity contribution < 1.29 is 9.53 Å². The van der Waals surface area contributed by atoms with Gasteiger partial charge in [0.15, 0.2) is 0 Å². The zero-order valence-corrected chi connectivity index (χ0v) is 14.6. The van der Waals surface area contributed by atoms with Crippen LogP contribution in [0, 0.1) is 0 Å². The van der Waals surface area contributed by atoms with Gasteiger partial charge in [-0.2, -0.15) is 0 Å². The summed E-state index contributed by atoms with van der Waals surface area (Å²) in [6, 6.07) is 15.3. The number of nitrogens with one attached hydrogen (secondary N) is 1. The summed E-state index contributed by atoms with van der Waals surface area (Å²) in [5.41, 5.74) is 1.89. The largest absolute Gasteiger partial charge is 0.497 e. The molecule has 0 saturated heterocycles. The number of rotatable bonds is 5. The van der Waals surface area contributed by atoms with Crippen molar-refractivity contribution in [2.24, 2.45) is 0 Å². The van der Waals surface area contributed by atoms with Crippen LogP contribution in [0.1, 0.15) is 41.6 Å². The van der Waals surface area contributed by atoms with Gasteiger partial charge in [-0.15, -0.1) is 0 Å². The highest BCUT2D eigenvalue weighted by atomic mass is 35.5. The van der Waals surface area contributed by atoms with Crippen LogP contribution < -0.4 is 10.1 Å². The molecule has 0 unspecified atom stereocenters. The van der Waals surface area contributed by atoms with Crippen LogP contribution in [0.4, 0.5) is 0 Å².